The molecule has 4 atom stereocenters. The van der Waals surface area contributed by atoms with Crippen LogP contribution in [0.25, 0.3) is 0 Å². The van der Waals surface area contributed by atoms with E-state index in [1.54, 1.807) is 20.2 Å². The van der Waals surface area contributed by atoms with Crippen LogP contribution in [-0.2, 0) is 20.7 Å². The molecule has 33 heavy (non-hydrogen) atoms. The van der Waals surface area contributed by atoms with Crippen molar-refractivity contribution in [3.8, 4) is 0 Å². The van der Waals surface area contributed by atoms with Crippen molar-refractivity contribution >= 4 is 17.7 Å². The first-order valence-electron chi connectivity index (χ1n) is 10.6. The highest BCUT2D eigenvalue weighted by Crippen LogP contribution is 2.55. The summed E-state index contributed by atoms with van der Waals surface area (Å²) < 4.78 is 5.89. The van der Waals surface area contributed by atoms with E-state index in [-0.39, 0.29) is 30.3 Å². The zero-order valence-corrected chi connectivity index (χ0v) is 18.4. The molecule has 1 aromatic heterocycles. The van der Waals surface area contributed by atoms with Crippen LogP contribution < -0.4 is 16.4 Å². The standard InChI is InChI=1S/C21H24N4O4.CH3NO2/c1-11-16(23-8-6-12-5-3-4-7-22-12)19(28)15-13(10-26)21(29-2)20-14(24-20)9-25(21)17(15)18(11)27;2-1(3)4/h3-5,7,13-14,20,23-24,26H,6,8-10H2,1-2H3;2H2,(H,3,4). The average molecular weight is 457 g/mol. The Morgan fingerprint density at radius 3 is 2.73 bits per heavy atom. The van der Waals surface area contributed by atoms with Crippen molar-refractivity contribution in [2.24, 2.45) is 11.7 Å². The summed E-state index contributed by atoms with van der Waals surface area (Å²) in [6, 6.07) is 5.93. The number of aromatic nitrogens is 1. The van der Waals surface area contributed by atoms with Crippen LogP contribution in [0.15, 0.2) is 46.9 Å². The fourth-order valence-electron chi connectivity index (χ4n) is 5.22. The minimum absolute atomic E-state index is 0.0109. The number of ether oxygens (including phenoxy) is 1. The van der Waals surface area contributed by atoms with E-state index in [0.717, 1.165) is 5.69 Å². The average Bonchev–Trinajstić information content (AvgIpc) is 3.40. The molecule has 2 fully saturated rings. The second-order valence-corrected chi connectivity index (χ2v) is 8.31. The number of primary amides is 1. The Balaban J connectivity index is 0.000000601. The van der Waals surface area contributed by atoms with Crippen LogP contribution in [0, 0.1) is 5.92 Å². The van der Waals surface area contributed by atoms with Crippen LogP contribution in [0.2, 0.25) is 0 Å². The van der Waals surface area contributed by atoms with Gasteiger partial charge in [0.05, 0.1) is 30.0 Å². The molecule has 1 aromatic rings. The normalized spacial score (nSPS) is 29.3. The first kappa shape index (κ1) is 22.9. The van der Waals surface area contributed by atoms with E-state index in [2.05, 4.69) is 21.4 Å². The molecule has 0 bridgehead atoms. The van der Waals surface area contributed by atoms with Gasteiger partial charge in [-0.15, -0.1) is 0 Å². The van der Waals surface area contributed by atoms with E-state index >= 15 is 0 Å². The largest absolute Gasteiger partial charge is 0.465 e. The molecule has 4 aliphatic rings. The van der Waals surface area contributed by atoms with Crippen LogP contribution >= 0.6 is 0 Å². The Hall–Kier alpha value is -3.28. The first-order chi connectivity index (χ1) is 15.8. The second-order valence-electron chi connectivity index (χ2n) is 8.31. The number of methoxy groups -OCH3 is 1. The second kappa shape index (κ2) is 8.58. The number of pyridine rings is 1. The van der Waals surface area contributed by atoms with Gasteiger partial charge in [-0.05, 0) is 19.1 Å². The molecule has 4 heterocycles. The van der Waals surface area contributed by atoms with E-state index in [1.807, 2.05) is 23.1 Å². The molecular formula is C22H27N5O6. The van der Waals surface area contributed by atoms with Crippen LogP contribution in [0.3, 0.4) is 0 Å². The van der Waals surface area contributed by atoms with Gasteiger partial charge < -0.3 is 36.2 Å². The van der Waals surface area contributed by atoms with Gasteiger partial charge in [0.25, 0.3) is 0 Å². The van der Waals surface area contributed by atoms with Gasteiger partial charge >= 0.3 is 6.09 Å². The fourth-order valence-corrected chi connectivity index (χ4v) is 5.22. The summed E-state index contributed by atoms with van der Waals surface area (Å²) in [5.41, 5.74) is 5.56. The van der Waals surface area contributed by atoms with E-state index in [1.165, 1.54) is 0 Å². The highest BCUT2D eigenvalue weighted by atomic mass is 16.5. The van der Waals surface area contributed by atoms with Gasteiger partial charge in [-0.3, -0.25) is 14.6 Å². The lowest BCUT2D eigenvalue weighted by molar-refractivity contribution is -0.137. The van der Waals surface area contributed by atoms with Crippen LogP contribution in [0.5, 0.6) is 0 Å². The van der Waals surface area contributed by atoms with Crippen molar-refractivity contribution in [1.29, 1.82) is 0 Å². The van der Waals surface area contributed by atoms with Crippen molar-refractivity contribution in [3.05, 3.63) is 52.6 Å². The number of nitrogens with one attached hydrogen (secondary N) is 2. The number of hydrogen-bond acceptors (Lipinski definition) is 9. The smallest absolute Gasteiger partial charge is 0.402 e. The number of aliphatic hydroxyl groups excluding tert-OH is 1. The van der Waals surface area contributed by atoms with Gasteiger partial charge in [0.1, 0.15) is 0 Å². The summed E-state index contributed by atoms with van der Waals surface area (Å²) in [5, 5.41) is 23.9. The Morgan fingerprint density at radius 2 is 2.12 bits per heavy atom. The number of amides is 1. The zero-order chi connectivity index (χ0) is 23.9. The fraction of sp³-hybridized carbons (Fsp3) is 0.455. The third kappa shape index (κ3) is 3.58. The number of Topliss-reactive ketones (excluding diaryl/α,β-unsaturated/α-hetero) is 2. The zero-order valence-electron chi connectivity index (χ0n) is 18.4. The molecule has 5 rings (SSSR count). The Bertz CT molecular complexity index is 1050. The van der Waals surface area contributed by atoms with Gasteiger partial charge in [0.15, 0.2) is 5.72 Å². The number of aliphatic hydroxyl groups is 1. The Kier molecular flexibility index (Phi) is 5.95. The lowest BCUT2D eigenvalue weighted by Crippen LogP contribution is -2.54. The SMILES string of the molecule is COC12C(CO)C3=C(C(=O)C(C)=C(NCCc4ccccn4)C3=O)N1CC1NC12.NC(=O)O. The van der Waals surface area contributed by atoms with Crippen molar-refractivity contribution < 1.29 is 29.3 Å². The lowest BCUT2D eigenvalue weighted by atomic mass is 9.82. The van der Waals surface area contributed by atoms with Crippen LogP contribution in [-0.4, -0.2) is 82.4 Å². The number of nitrogens with two attached hydrogens (primary N) is 1. The third-order valence-corrected chi connectivity index (χ3v) is 6.63. The molecule has 3 aliphatic heterocycles. The van der Waals surface area contributed by atoms with Crippen molar-refractivity contribution in [1.82, 2.24) is 20.5 Å². The van der Waals surface area contributed by atoms with E-state index in [0.29, 0.717) is 42.1 Å². The van der Waals surface area contributed by atoms with E-state index < -0.39 is 17.7 Å². The predicted molar refractivity (Wildman–Crippen MR) is 116 cm³/mol. The number of carbonyl (C=O) groups is 3. The summed E-state index contributed by atoms with van der Waals surface area (Å²) in [6.45, 7) is 2.51. The number of rotatable bonds is 6. The Morgan fingerprint density at radius 1 is 1.39 bits per heavy atom. The molecule has 11 nitrogen and oxygen atoms in total. The Labute approximate surface area is 190 Å². The molecular weight excluding hydrogens is 430 g/mol. The van der Waals surface area contributed by atoms with Crippen LogP contribution in [0.4, 0.5) is 4.79 Å². The number of piperazine rings is 1. The highest BCUT2D eigenvalue weighted by Gasteiger charge is 2.72. The molecule has 0 saturated carbocycles. The number of ketones is 2. The van der Waals surface area contributed by atoms with Crippen LogP contribution in [0.1, 0.15) is 12.6 Å². The molecule has 4 unspecified atom stereocenters. The number of nitrogens with zero attached hydrogens (tertiary/aromatic N) is 2. The molecule has 1 amide bonds. The summed E-state index contributed by atoms with van der Waals surface area (Å²) in [7, 11) is 1.58. The molecule has 0 aromatic carbocycles. The molecule has 0 radical (unpaired) electrons. The van der Waals surface area contributed by atoms with Gasteiger partial charge in [-0.1, -0.05) is 6.07 Å². The minimum atomic E-state index is -1.33. The highest BCUT2D eigenvalue weighted by molar-refractivity contribution is 6.25. The quantitative estimate of drug-likeness (QED) is 0.267. The molecule has 11 heteroatoms. The van der Waals surface area contributed by atoms with Gasteiger partial charge in [0.2, 0.25) is 11.6 Å². The number of fused-ring (bicyclic) bond motifs is 4. The monoisotopic (exact) mass is 457 g/mol. The third-order valence-electron chi connectivity index (χ3n) is 6.63. The summed E-state index contributed by atoms with van der Waals surface area (Å²) in [4.78, 5) is 41.7. The van der Waals surface area contributed by atoms with Gasteiger partial charge in [-0.25, -0.2) is 4.79 Å². The molecule has 0 spiro atoms. The number of carboxylic acid groups (broad SMARTS) is 1. The number of carbonyl (C=O) groups excluding carboxylic acids is 2. The van der Waals surface area contributed by atoms with Crippen molar-refractivity contribution in [2.45, 2.75) is 31.2 Å². The predicted octanol–water partition coefficient (Wildman–Crippen LogP) is -0.862. The topological polar surface area (TPSA) is 177 Å². The summed E-state index contributed by atoms with van der Waals surface area (Å²) in [6.07, 6.45) is 1.03. The van der Waals surface area contributed by atoms with Gasteiger partial charge in [-0.2, -0.15) is 0 Å². The minimum Gasteiger partial charge on any atom is -0.465 e. The maximum atomic E-state index is 13.4. The van der Waals surface area contributed by atoms with E-state index in [9.17, 15) is 14.7 Å². The number of hydrogen-bond donors (Lipinski definition) is 5. The molecule has 6 N–H and O–H groups in total. The van der Waals surface area contributed by atoms with E-state index in [4.69, 9.17) is 14.6 Å². The number of allylic oxidation sites excluding steroid dienone is 2. The summed E-state index contributed by atoms with van der Waals surface area (Å²) in [5.74, 6) is -0.955. The molecule has 2 saturated heterocycles. The first-order valence-corrected chi connectivity index (χ1v) is 10.6. The van der Waals surface area contributed by atoms with Crippen molar-refractivity contribution in [3.63, 3.8) is 0 Å². The van der Waals surface area contributed by atoms with Crippen molar-refractivity contribution in [2.75, 3.05) is 26.8 Å². The van der Waals surface area contributed by atoms with Gasteiger partial charge in [0, 0.05) is 55.7 Å². The maximum absolute atomic E-state index is 13.4. The lowest BCUT2D eigenvalue weighted by Gasteiger charge is -2.39. The summed E-state index contributed by atoms with van der Waals surface area (Å²) >= 11 is 0. The molecule has 176 valence electrons. The molecule has 1 aliphatic carbocycles. The maximum Gasteiger partial charge on any atom is 0.402 e.